The van der Waals surface area contributed by atoms with E-state index in [0.29, 0.717) is 6.04 Å². The van der Waals surface area contributed by atoms with Crippen LogP contribution in [-0.2, 0) is 0 Å². The summed E-state index contributed by atoms with van der Waals surface area (Å²) in [6.07, 6.45) is 4.93. The quantitative estimate of drug-likeness (QED) is 0.772. The van der Waals surface area contributed by atoms with E-state index in [9.17, 15) is 0 Å². The van der Waals surface area contributed by atoms with Gasteiger partial charge in [-0.15, -0.1) is 0 Å². The number of nitrogens with one attached hydrogen (secondary N) is 1. The third kappa shape index (κ3) is 4.64. The van der Waals surface area contributed by atoms with Crippen molar-refractivity contribution in [1.82, 2.24) is 10.2 Å². The summed E-state index contributed by atoms with van der Waals surface area (Å²) in [5.74, 6) is 0.886. The van der Waals surface area contributed by atoms with Gasteiger partial charge >= 0.3 is 0 Å². The van der Waals surface area contributed by atoms with Gasteiger partial charge in [-0.2, -0.15) is 11.8 Å². The molecule has 3 heteroatoms. The van der Waals surface area contributed by atoms with Crippen molar-refractivity contribution in [2.75, 3.05) is 32.4 Å². The molecule has 0 radical (unpaired) electrons. The summed E-state index contributed by atoms with van der Waals surface area (Å²) in [6.45, 7) is 11.9. The summed E-state index contributed by atoms with van der Waals surface area (Å²) in [6, 6.07) is 0.689. The molecule has 1 aliphatic heterocycles. The molecule has 0 aromatic carbocycles. The largest absolute Gasteiger partial charge is 0.313 e. The molecule has 0 aliphatic carbocycles. The summed E-state index contributed by atoms with van der Waals surface area (Å²) in [7, 11) is 0. The Hall–Kier alpha value is 0.270. The van der Waals surface area contributed by atoms with E-state index < -0.39 is 0 Å². The van der Waals surface area contributed by atoms with Crippen molar-refractivity contribution in [1.29, 1.82) is 0 Å². The first kappa shape index (κ1) is 14.3. The number of rotatable bonds is 6. The summed E-state index contributed by atoms with van der Waals surface area (Å²) in [4.78, 5) is 2.56. The molecule has 0 spiro atoms. The molecule has 0 aromatic rings. The van der Waals surface area contributed by atoms with Crippen LogP contribution in [0.25, 0.3) is 0 Å². The van der Waals surface area contributed by atoms with Gasteiger partial charge in [0.05, 0.1) is 0 Å². The van der Waals surface area contributed by atoms with Crippen molar-refractivity contribution in [3.8, 4) is 0 Å². The van der Waals surface area contributed by atoms with E-state index >= 15 is 0 Å². The first-order valence-electron chi connectivity index (χ1n) is 6.65. The molecule has 1 saturated heterocycles. The van der Waals surface area contributed by atoms with Crippen LogP contribution in [0.3, 0.4) is 0 Å². The Labute approximate surface area is 106 Å². The lowest BCUT2D eigenvalue weighted by Gasteiger charge is -2.34. The lowest BCUT2D eigenvalue weighted by atomic mass is 9.90. The Morgan fingerprint density at radius 3 is 2.44 bits per heavy atom. The van der Waals surface area contributed by atoms with Gasteiger partial charge in [0, 0.05) is 17.8 Å². The van der Waals surface area contributed by atoms with Crippen LogP contribution in [-0.4, -0.2) is 48.6 Å². The maximum absolute atomic E-state index is 3.70. The molecule has 1 rings (SSSR count). The van der Waals surface area contributed by atoms with Gasteiger partial charge in [-0.3, -0.25) is 0 Å². The average Bonchev–Trinajstić information content (AvgIpc) is 2.35. The third-order valence-electron chi connectivity index (χ3n) is 3.92. The molecule has 2 unspecified atom stereocenters. The molecule has 0 aromatic heterocycles. The Morgan fingerprint density at radius 2 is 1.94 bits per heavy atom. The second-order valence-electron chi connectivity index (χ2n) is 5.01. The van der Waals surface area contributed by atoms with Crippen LogP contribution in [0.1, 0.15) is 33.6 Å². The van der Waals surface area contributed by atoms with Crippen molar-refractivity contribution in [2.45, 2.75) is 44.9 Å². The topological polar surface area (TPSA) is 15.3 Å². The van der Waals surface area contributed by atoms with Crippen molar-refractivity contribution in [2.24, 2.45) is 5.92 Å². The molecular formula is C13H28N2S. The summed E-state index contributed by atoms with van der Waals surface area (Å²) in [5.41, 5.74) is 0. The van der Waals surface area contributed by atoms with Crippen LogP contribution in [0.4, 0.5) is 0 Å². The molecular weight excluding hydrogens is 216 g/mol. The van der Waals surface area contributed by atoms with Gasteiger partial charge in [0.2, 0.25) is 0 Å². The van der Waals surface area contributed by atoms with Crippen LogP contribution in [0.5, 0.6) is 0 Å². The summed E-state index contributed by atoms with van der Waals surface area (Å²) >= 11 is 1.95. The van der Waals surface area contributed by atoms with Crippen LogP contribution in [0.2, 0.25) is 0 Å². The smallest absolute Gasteiger partial charge is 0.0141 e. The standard InChI is InChI=1S/C13H28N2S/c1-5-15-8-6-13(7-9-15)12(3)14-10-11(2)16-4/h11-14H,5-10H2,1-4H3. The first-order chi connectivity index (χ1) is 7.67. The summed E-state index contributed by atoms with van der Waals surface area (Å²) < 4.78 is 0. The molecule has 1 heterocycles. The van der Waals surface area contributed by atoms with Crippen molar-refractivity contribution in [3.05, 3.63) is 0 Å². The highest BCUT2D eigenvalue weighted by molar-refractivity contribution is 7.99. The monoisotopic (exact) mass is 244 g/mol. The van der Waals surface area contributed by atoms with Gasteiger partial charge in [-0.25, -0.2) is 0 Å². The average molecular weight is 244 g/mol. The van der Waals surface area contributed by atoms with Gasteiger partial charge in [-0.1, -0.05) is 13.8 Å². The lowest BCUT2D eigenvalue weighted by molar-refractivity contribution is 0.169. The van der Waals surface area contributed by atoms with E-state index in [0.717, 1.165) is 17.7 Å². The normalized spacial score (nSPS) is 23.2. The SMILES string of the molecule is CCN1CCC(C(C)NCC(C)SC)CC1. The molecule has 16 heavy (non-hydrogen) atoms. The number of nitrogens with zero attached hydrogens (tertiary/aromatic N) is 1. The fourth-order valence-corrected chi connectivity index (χ4v) is 2.63. The van der Waals surface area contributed by atoms with Gasteiger partial charge in [0.15, 0.2) is 0 Å². The number of thioether (sulfide) groups is 1. The second-order valence-corrected chi connectivity index (χ2v) is 6.29. The van der Waals surface area contributed by atoms with Crippen LogP contribution in [0, 0.1) is 5.92 Å². The Balaban J connectivity index is 2.20. The number of hydrogen-bond acceptors (Lipinski definition) is 3. The van der Waals surface area contributed by atoms with Crippen molar-refractivity contribution in [3.63, 3.8) is 0 Å². The zero-order valence-corrected chi connectivity index (χ0v) is 12.1. The molecule has 1 fully saturated rings. The molecule has 0 bridgehead atoms. The fourth-order valence-electron chi connectivity index (χ4n) is 2.37. The molecule has 1 aliphatic rings. The maximum Gasteiger partial charge on any atom is 0.0141 e. The highest BCUT2D eigenvalue weighted by atomic mass is 32.2. The first-order valence-corrected chi connectivity index (χ1v) is 7.94. The molecule has 0 amide bonds. The lowest BCUT2D eigenvalue weighted by Crippen LogP contribution is -2.43. The minimum atomic E-state index is 0.689. The van der Waals surface area contributed by atoms with Gasteiger partial charge in [0.1, 0.15) is 0 Å². The Bertz CT molecular complexity index is 179. The Kier molecular flexibility index (Phi) is 6.78. The van der Waals surface area contributed by atoms with E-state index in [1.165, 1.54) is 32.5 Å². The van der Waals surface area contributed by atoms with Gasteiger partial charge in [0.25, 0.3) is 0 Å². The molecule has 1 N–H and O–H groups in total. The van der Waals surface area contributed by atoms with E-state index in [2.05, 4.69) is 37.2 Å². The maximum atomic E-state index is 3.70. The molecule has 0 saturated carbocycles. The predicted molar refractivity (Wildman–Crippen MR) is 75.3 cm³/mol. The highest BCUT2D eigenvalue weighted by Crippen LogP contribution is 2.20. The Morgan fingerprint density at radius 1 is 1.31 bits per heavy atom. The van der Waals surface area contributed by atoms with E-state index in [1.807, 2.05) is 11.8 Å². The van der Waals surface area contributed by atoms with E-state index in [-0.39, 0.29) is 0 Å². The minimum Gasteiger partial charge on any atom is -0.313 e. The van der Waals surface area contributed by atoms with Gasteiger partial charge in [-0.05, 0) is 51.6 Å². The van der Waals surface area contributed by atoms with Crippen LogP contribution < -0.4 is 5.32 Å². The fraction of sp³-hybridized carbons (Fsp3) is 1.00. The second kappa shape index (κ2) is 7.57. The van der Waals surface area contributed by atoms with Crippen molar-refractivity contribution >= 4 is 11.8 Å². The van der Waals surface area contributed by atoms with Gasteiger partial charge < -0.3 is 10.2 Å². The zero-order valence-electron chi connectivity index (χ0n) is 11.3. The third-order valence-corrected chi connectivity index (χ3v) is 4.89. The van der Waals surface area contributed by atoms with Crippen LogP contribution >= 0.6 is 11.8 Å². The zero-order chi connectivity index (χ0) is 12.0. The van der Waals surface area contributed by atoms with Crippen LogP contribution in [0.15, 0.2) is 0 Å². The predicted octanol–water partition coefficient (Wildman–Crippen LogP) is 2.45. The van der Waals surface area contributed by atoms with E-state index in [1.54, 1.807) is 0 Å². The number of piperidine rings is 1. The molecule has 2 atom stereocenters. The summed E-state index contributed by atoms with van der Waals surface area (Å²) in [5, 5.41) is 4.43. The highest BCUT2D eigenvalue weighted by Gasteiger charge is 2.22. The van der Waals surface area contributed by atoms with E-state index in [4.69, 9.17) is 0 Å². The minimum absolute atomic E-state index is 0.689. The number of likely N-dealkylation sites (tertiary alicyclic amines) is 1. The number of hydrogen-bond donors (Lipinski definition) is 1. The molecule has 96 valence electrons. The van der Waals surface area contributed by atoms with Crippen molar-refractivity contribution < 1.29 is 0 Å². The molecule has 2 nitrogen and oxygen atoms in total.